The molecule has 3 aromatic heterocycles. The highest BCUT2D eigenvalue weighted by molar-refractivity contribution is 5.91. The van der Waals surface area contributed by atoms with Crippen LogP contribution in [-0.4, -0.2) is 14.5 Å². The van der Waals surface area contributed by atoms with E-state index < -0.39 is 0 Å². The van der Waals surface area contributed by atoms with Gasteiger partial charge in [-0.3, -0.25) is 4.98 Å². The van der Waals surface area contributed by atoms with Gasteiger partial charge in [0.2, 0.25) is 5.88 Å². The van der Waals surface area contributed by atoms with E-state index in [9.17, 15) is 0 Å². The Kier molecular flexibility index (Phi) is 5.42. The highest BCUT2D eigenvalue weighted by Crippen LogP contribution is 2.35. The molecule has 0 aliphatic rings. The lowest BCUT2D eigenvalue weighted by atomic mass is 10.1. The highest BCUT2D eigenvalue weighted by atomic mass is 35.5. The molecule has 0 fully saturated rings. The molecule has 0 bridgehead atoms. The number of rotatable bonds is 4. The lowest BCUT2D eigenvalue weighted by Crippen LogP contribution is -2.03. The number of hydrogen-bond donors (Lipinski definition) is 0. The number of nitrogens with zero attached hydrogens (tertiary/aromatic N) is 3. The van der Waals surface area contributed by atoms with E-state index in [0.29, 0.717) is 5.88 Å². The molecule has 0 aliphatic carbocycles. The van der Waals surface area contributed by atoms with E-state index in [1.54, 1.807) is 6.20 Å². The third-order valence-electron chi connectivity index (χ3n) is 5.54. The molecule has 0 amide bonds. The normalized spacial score (nSPS) is 10.9. The Morgan fingerprint density at radius 1 is 0.867 bits per heavy atom. The fourth-order valence-electron chi connectivity index (χ4n) is 3.89. The van der Waals surface area contributed by atoms with E-state index in [4.69, 9.17) is 4.74 Å². The molecule has 0 aliphatic heterocycles. The molecule has 5 heteroatoms. The first-order valence-corrected chi connectivity index (χ1v) is 9.71. The van der Waals surface area contributed by atoms with Crippen LogP contribution in [0, 0.1) is 13.8 Å². The summed E-state index contributed by atoms with van der Waals surface area (Å²) in [6.45, 7) is 5.09. The second-order valence-corrected chi connectivity index (χ2v) is 7.25. The molecule has 4 nitrogen and oxygen atoms in total. The zero-order valence-electron chi connectivity index (χ0n) is 16.9. The van der Waals surface area contributed by atoms with Crippen LogP contribution in [0.2, 0.25) is 0 Å². The summed E-state index contributed by atoms with van der Waals surface area (Å²) < 4.78 is 8.69. The zero-order valence-corrected chi connectivity index (χ0v) is 17.7. The second kappa shape index (κ2) is 8.17. The van der Waals surface area contributed by atoms with E-state index in [-0.39, 0.29) is 12.4 Å². The van der Waals surface area contributed by atoms with Crippen LogP contribution in [0.5, 0.6) is 11.6 Å². The number of benzene rings is 2. The molecule has 0 atom stereocenters. The van der Waals surface area contributed by atoms with Crippen LogP contribution in [-0.2, 0) is 6.54 Å². The monoisotopic (exact) mass is 415 g/mol. The van der Waals surface area contributed by atoms with Crippen molar-refractivity contribution in [2.24, 2.45) is 0 Å². The second-order valence-electron chi connectivity index (χ2n) is 7.25. The average molecular weight is 416 g/mol. The molecule has 0 saturated carbocycles. The molecule has 0 radical (unpaired) electrons. The Bertz CT molecular complexity index is 1320. The standard InChI is InChI=1S/C25H21N3O.ClH/c1-17-18(2)28(16-19-7-4-3-5-8-19)24-21(17)12-14-27-25(24)29-23-10-6-9-20-15-26-13-11-22(20)23;/h3-15H,16H2,1-2H3;1H. The Balaban J connectivity index is 0.00000218. The Morgan fingerprint density at radius 3 is 2.50 bits per heavy atom. The Labute approximate surface area is 181 Å². The molecule has 30 heavy (non-hydrogen) atoms. The molecule has 3 heterocycles. The van der Waals surface area contributed by atoms with E-state index in [0.717, 1.165) is 28.6 Å². The van der Waals surface area contributed by atoms with Crippen molar-refractivity contribution in [3.63, 3.8) is 0 Å². The van der Waals surface area contributed by atoms with Gasteiger partial charge >= 0.3 is 0 Å². The van der Waals surface area contributed by atoms with Crippen LogP contribution in [0.15, 0.2) is 79.3 Å². The summed E-state index contributed by atoms with van der Waals surface area (Å²) >= 11 is 0. The molecule has 0 N–H and O–H groups in total. The maximum absolute atomic E-state index is 6.39. The van der Waals surface area contributed by atoms with Gasteiger partial charge in [0.1, 0.15) is 11.3 Å². The molecule has 0 unspecified atom stereocenters. The van der Waals surface area contributed by atoms with Crippen LogP contribution >= 0.6 is 12.4 Å². The van der Waals surface area contributed by atoms with Gasteiger partial charge in [0.15, 0.2) is 0 Å². The summed E-state index contributed by atoms with van der Waals surface area (Å²) in [5.41, 5.74) is 4.75. The number of fused-ring (bicyclic) bond motifs is 2. The Hall–Kier alpha value is -3.37. The predicted octanol–water partition coefficient (Wildman–Crippen LogP) is 6.46. The molecule has 2 aromatic carbocycles. The smallest absolute Gasteiger partial charge is 0.244 e. The van der Waals surface area contributed by atoms with Crippen LogP contribution < -0.4 is 4.74 Å². The fourth-order valence-corrected chi connectivity index (χ4v) is 3.89. The first-order valence-electron chi connectivity index (χ1n) is 9.71. The number of pyridine rings is 2. The maximum Gasteiger partial charge on any atom is 0.244 e. The van der Waals surface area contributed by atoms with Crippen molar-refractivity contribution in [2.75, 3.05) is 0 Å². The maximum atomic E-state index is 6.39. The van der Waals surface area contributed by atoms with Crippen LogP contribution in [0.4, 0.5) is 0 Å². The van der Waals surface area contributed by atoms with E-state index in [1.807, 2.05) is 42.7 Å². The van der Waals surface area contributed by atoms with Gasteiger partial charge in [-0.25, -0.2) is 4.98 Å². The van der Waals surface area contributed by atoms with E-state index in [2.05, 4.69) is 58.7 Å². The minimum Gasteiger partial charge on any atom is -0.436 e. The zero-order chi connectivity index (χ0) is 19.8. The SMILES string of the molecule is Cc1c(C)n(Cc2ccccc2)c2c(Oc3cccc4cnccc34)nccc12.Cl. The van der Waals surface area contributed by atoms with Crippen molar-refractivity contribution in [3.05, 3.63) is 96.1 Å². The first kappa shape index (κ1) is 19.9. The fraction of sp³-hybridized carbons (Fsp3) is 0.120. The lowest BCUT2D eigenvalue weighted by molar-refractivity contribution is 0.471. The average Bonchev–Trinajstić information content (AvgIpc) is 3.00. The summed E-state index contributed by atoms with van der Waals surface area (Å²) in [5.74, 6) is 1.41. The van der Waals surface area contributed by atoms with Gasteiger partial charge in [0.25, 0.3) is 0 Å². The molecule has 150 valence electrons. The van der Waals surface area contributed by atoms with Crippen molar-refractivity contribution < 1.29 is 4.74 Å². The number of ether oxygens (including phenoxy) is 1. The summed E-state index contributed by atoms with van der Waals surface area (Å²) in [6.07, 6.45) is 5.46. The molecule has 0 saturated heterocycles. The third-order valence-corrected chi connectivity index (χ3v) is 5.54. The molecular weight excluding hydrogens is 394 g/mol. The van der Waals surface area contributed by atoms with Gasteiger partial charge in [0, 0.05) is 47.0 Å². The first-order chi connectivity index (χ1) is 14.2. The number of aryl methyl sites for hydroxylation is 1. The van der Waals surface area contributed by atoms with Gasteiger partial charge in [0.05, 0.1) is 0 Å². The van der Waals surface area contributed by atoms with Crippen molar-refractivity contribution in [2.45, 2.75) is 20.4 Å². The number of hydrogen-bond acceptors (Lipinski definition) is 3. The van der Waals surface area contributed by atoms with Crippen molar-refractivity contribution in [1.29, 1.82) is 0 Å². The van der Waals surface area contributed by atoms with Gasteiger partial charge in [-0.05, 0) is 43.2 Å². The van der Waals surface area contributed by atoms with Crippen molar-refractivity contribution in [1.82, 2.24) is 14.5 Å². The highest BCUT2D eigenvalue weighted by Gasteiger charge is 2.17. The third kappa shape index (κ3) is 3.40. The van der Waals surface area contributed by atoms with Gasteiger partial charge in [-0.1, -0.05) is 42.5 Å². The molecular formula is C25H22ClN3O. The molecule has 5 aromatic rings. The van der Waals surface area contributed by atoms with Crippen LogP contribution in [0.25, 0.3) is 21.7 Å². The van der Waals surface area contributed by atoms with Crippen LogP contribution in [0.3, 0.4) is 0 Å². The summed E-state index contributed by atoms with van der Waals surface area (Å²) in [6, 6.07) is 20.5. The molecule has 5 rings (SSSR count). The molecule has 0 spiro atoms. The summed E-state index contributed by atoms with van der Waals surface area (Å²) in [7, 11) is 0. The van der Waals surface area contributed by atoms with E-state index in [1.165, 1.54) is 22.2 Å². The topological polar surface area (TPSA) is 39.9 Å². The van der Waals surface area contributed by atoms with Gasteiger partial charge in [-0.2, -0.15) is 0 Å². The number of aromatic nitrogens is 3. The summed E-state index contributed by atoms with van der Waals surface area (Å²) in [5, 5.41) is 3.24. The Morgan fingerprint density at radius 2 is 1.67 bits per heavy atom. The van der Waals surface area contributed by atoms with E-state index >= 15 is 0 Å². The largest absolute Gasteiger partial charge is 0.436 e. The predicted molar refractivity (Wildman–Crippen MR) is 124 cm³/mol. The van der Waals surface area contributed by atoms with Gasteiger partial charge < -0.3 is 9.30 Å². The van der Waals surface area contributed by atoms with Crippen molar-refractivity contribution >= 4 is 34.1 Å². The quantitative estimate of drug-likeness (QED) is 0.338. The van der Waals surface area contributed by atoms with Gasteiger partial charge in [-0.15, -0.1) is 12.4 Å². The lowest BCUT2D eigenvalue weighted by Gasteiger charge is -2.13. The minimum absolute atomic E-state index is 0. The van der Waals surface area contributed by atoms with Crippen molar-refractivity contribution in [3.8, 4) is 11.6 Å². The van der Waals surface area contributed by atoms with Crippen LogP contribution in [0.1, 0.15) is 16.8 Å². The number of halogens is 1. The summed E-state index contributed by atoms with van der Waals surface area (Å²) in [4.78, 5) is 8.82. The minimum atomic E-state index is 0.